The first-order chi connectivity index (χ1) is 8.20. The first-order valence-corrected chi connectivity index (χ1v) is 5.69. The lowest BCUT2D eigenvalue weighted by atomic mass is 10.0. The van der Waals surface area contributed by atoms with Crippen LogP contribution < -0.4 is 5.32 Å². The third-order valence-corrected chi connectivity index (χ3v) is 2.93. The lowest BCUT2D eigenvalue weighted by Crippen LogP contribution is -2.56. The maximum Gasteiger partial charge on any atom is 0.422 e. The molecule has 18 heavy (non-hydrogen) atoms. The molecule has 1 unspecified atom stereocenters. The van der Waals surface area contributed by atoms with Crippen LogP contribution in [0.4, 0.5) is 18.9 Å². The topological polar surface area (TPSA) is 38.3 Å². The number of rotatable bonds is 3. The molecule has 1 rings (SSSR count). The SMILES string of the molecule is COC(=O)C(C)(Nc1ccc(Br)cc1)C(F)(F)F. The van der Waals surface area contributed by atoms with Gasteiger partial charge in [0.05, 0.1) is 7.11 Å². The number of ether oxygens (including phenoxy) is 1. The van der Waals surface area contributed by atoms with E-state index in [4.69, 9.17) is 0 Å². The lowest BCUT2D eigenvalue weighted by Gasteiger charge is -2.30. The molecule has 0 aliphatic rings. The van der Waals surface area contributed by atoms with Crippen molar-refractivity contribution in [2.24, 2.45) is 0 Å². The van der Waals surface area contributed by atoms with Crippen LogP contribution in [0.3, 0.4) is 0 Å². The highest BCUT2D eigenvalue weighted by molar-refractivity contribution is 9.10. The van der Waals surface area contributed by atoms with Crippen LogP contribution in [0, 0.1) is 0 Å². The molecule has 0 amide bonds. The van der Waals surface area contributed by atoms with Crippen molar-refractivity contribution in [3.05, 3.63) is 28.7 Å². The number of alkyl halides is 3. The summed E-state index contributed by atoms with van der Waals surface area (Å²) in [5, 5.41) is 2.15. The van der Waals surface area contributed by atoms with Gasteiger partial charge in [-0.25, -0.2) is 4.79 Å². The monoisotopic (exact) mass is 325 g/mol. The Morgan fingerprint density at radius 2 is 1.78 bits per heavy atom. The molecule has 1 aromatic carbocycles. The number of hydrogen-bond acceptors (Lipinski definition) is 3. The van der Waals surface area contributed by atoms with Gasteiger partial charge in [0.25, 0.3) is 0 Å². The van der Waals surface area contributed by atoms with Crippen molar-refractivity contribution < 1.29 is 22.7 Å². The molecule has 0 saturated carbocycles. The van der Waals surface area contributed by atoms with Crippen molar-refractivity contribution in [3.63, 3.8) is 0 Å². The number of carbonyl (C=O) groups is 1. The van der Waals surface area contributed by atoms with Gasteiger partial charge in [-0.15, -0.1) is 0 Å². The van der Waals surface area contributed by atoms with Crippen molar-refractivity contribution in [2.45, 2.75) is 18.6 Å². The number of methoxy groups -OCH3 is 1. The number of carbonyl (C=O) groups excluding carboxylic acids is 1. The minimum atomic E-state index is -4.77. The lowest BCUT2D eigenvalue weighted by molar-refractivity contribution is -0.195. The Balaban J connectivity index is 3.07. The molecule has 0 radical (unpaired) electrons. The van der Waals surface area contributed by atoms with E-state index in [1.807, 2.05) is 0 Å². The molecule has 1 atom stereocenters. The maximum absolute atomic E-state index is 12.9. The second-order valence-electron chi connectivity index (χ2n) is 3.75. The molecule has 100 valence electrons. The average Bonchev–Trinajstić information content (AvgIpc) is 2.29. The molecule has 0 aliphatic carbocycles. The van der Waals surface area contributed by atoms with E-state index in [2.05, 4.69) is 26.0 Å². The zero-order valence-corrected chi connectivity index (χ0v) is 11.2. The summed E-state index contributed by atoms with van der Waals surface area (Å²) in [7, 11) is 0.912. The van der Waals surface area contributed by atoms with Gasteiger partial charge in [0, 0.05) is 10.2 Å². The summed E-state index contributed by atoms with van der Waals surface area (Å²) >= 11 is 3.17. The number of halogens is 4. The minimum absolute atomic E-state index is 0.170. The maximum atomic E-state index is 12.9. The van der Waals surface area contributed by atoms with Crippen molar-refractivity contribution in [1.82, 2.24) is 0 Å². The van der Waals surface area contributed by atoms with Gasteiger partial charge in [0.1, 0.15) is 0 Å². The molecular weight excluding hydrogens is 315 g/mol. The van der Waals surface area contributed by atoms with Gasteiger partial charge >= 0.3 is 12.1 Å². The Labute approximate surface area is 110 Å². The van der Waals surface area contributed by atoms with E-state index in [0.717, 1.165) is 18.5 Å². The molecule has 7 heteroatoms. The summed E-state index contributed by atoms with van der Waals surface area (Å²) < 4.78 is 43.7. The zero-order chi connectivity index (χ0) is 14.0. The number of anilines is 1. The standard InChI is InChI=1S/C11H11BrF3NO2/c1-10(9(17)18-2,11(13,14)15)16-8-5-3-7(12)4-6-8/h3-6,16H,1-2H3. The van der Waals surface area contributed by atoms with Gasteiger partial charge in [-0.2, -0.15) is 13.2 Å². The minimum Gasteiger partial charge on any atom is -0.467 e. The van der Waals surface area contributed by atoms with Crippen molar-refractivity contribution >= 4 is 27.6 Å². The molecule has 0 aromatic heterocycles. The highest BCUT2D eigenvalue weighted by Gasteiger charge is 2.58. The molecule has 0 fully saturated rings. The van der Waals surface area contributed by atoms with E-state index >= 15 is 0 Å². The Morgan fingerprint density at radius 1 is 1.28 bits per heavy atom. The van der Waals surface area contributed by atoms with Gasteiger partial charge in [0.15, 0.2) is 0 Å². The first kappa shape index (κ1) is 14.8. The highest BCUT2D eigenvalue weighted by atomic mass is 79.9. The predicted molar refractivity (Wildman–Crippen MR) is 64.2 cm³/mol. The Morgan fingerprint density at radius 3 is 2.17 bits per heavy atom. The normalized spacial score (nSPS) is 14.8. The summed E-state index contributed by atoms with van der Waals surface area (Å²) in [6, 6.07) is 5.99. The van der Waals surface area contributed by atoms with Crippen molar-refractivity contribution in [2.75, 3.05) is 12.4 Å². The fourth-order valence-corrected chi connectivity index (χ4v) is 1.53. The molecule has 0 bridgehead atoms. The van der Waals surface area contributed by atoms with E-state index in [9.17, 15) is 18.0 Å². The molecule has 3 nitrogen and oxygen atoms in total. The van der Waals surface area contributed by atoms with E-state index in [-0.39, 0.29) is 5.69 Å². The van der Waals surface area contributed by atoms with Gasteiger partial charge in [0.2, 0.25) is 5.54 Å². The van der Waals surface area contributed by atoms with E-state index in [1.165, 1.54) is 12.1 Å². The third-order valence-electron chi connectivity index (χ3n) is 2.40. The Hall–Kier alpha value is -1.24. The summed E-state index contributed by atoms with van der Waals surface area (Å²) in [6.07, 6.45) is -4.77. The number of nitrogens with one attached hydrogen (secondary N) is 1. The smallest absolute Gasteiger partial charge is 0.422 e. The van der Waals surface area contributed by atoms with Crippen LogP contribution in [0.15, 0.2) is 28.7 Å². The zero-order valence-electron chi connectivity index (χ0n) is 9.64. The van der Waals surface area contributed by atoms with Crippen LogP contribution in [-0.2, 0) is 9.53 Å². The van der Waals surface area contributed by atoms with Crippen LogP contribution in [0.5, 0.6) is 0 Å². The molecule has 0 spiro atoms. The van der Waals surface area contributed by atoms with Gasteiger partial charge in [-0.3, -0.25) is 0 Å². The van der Waals surface area contributed by atoms with Crippen LogP contribution in [0.1, 0.15) is 6.92 Å². The second kappa shape index (κ2) is 5.17. The summed E-state index contributed by atoms with van der Waals surface area (Å²) in [5.74, 6) is -1.39. The summed E-state index contributed by atoms with van der Waals surface area (Å²) in [5.41, 5.74) is -2.61. The molecule has 1 aromatic rings. The molecular formula is C11H11BrF3NO2. The predicted octanol–water partition coefficient (Wildman–Crippen LogP) is 3.36. The molecule has 0 saturated heterocycles. The van der Waals surface area contributed by atoms with E-state index < -0.39 is 17.7 Å². The summed E-state index contributed by atoms with van der Waals surface area (Å²) in [4.78, 5) is 11.3. The summed E-state index contributed by atoms with van der Waals surface area (Å²) in [6.45, 7) is 0.737. The van der Waals surface area contributed by atoms with E-state index in [1.54, 1.807) is 12.1 Å². The molecule has 0 aliphatic heterocycles. The number of hydrogen-bond donors (Lipinski definition) is 1. The van der Waals surface area contributed by atoms with Gasteiger partial charge in [-0.05, 0) is 31.2 Å². The Bertz CT molecular complexity index is 433. The van der Waals surface area contributed by atoms with Gasteiger partial charge < -0.3 is 10.1 Å². The fourth-order valence-electron chi connectivity index (χ4n) is 1.26. The molecule has 1 N–H and O–H groups in total. The first-order valence-electron chi connectivity index (χ1n) is 4.89. The number of esters is 1. The second-order valence-corrected chi connectivity index (χ2v) is 4.66. The largest absolute Gasteiger partial charge is 0.467 e. The quantitative estimate of drug-likeness (QED) is 0.866. The average molecular weight is 326 g/mol. The molecule has 0 heterocycles. The Kier molecular flexibility index (Phi) is 4.26. The fraction of sp³-hybridized carbons (Fsp3) is 0.364. The van der Waals surface area contributed by atoms with Crippen LogP contribution in [0.25, 0.3) is 0 Å². The third kappa shape index (κ3) is 2.95. The van der Waals surface area contributed by atoms with Crippen LogP contribution >= 0.6 is 15.9 Å². The van der Waals surface area contributed by atoms with E-state index in [0.29, 0.717) is 0 Å². The van der Waals surface area contributed by atoms with Crippen LogP contribution in [-0.4, -0.2) is 24.8 Å². The van der Waals surface area contributed by atoms with Crippen molar-refractivity contribution in [1.29, 1.82) is 0 Å². The van der Waals surface area contributed by atoms with Crippen LogP contribution in [0.2, 0.25) is 0 Å². The number of benzene rings is 1. The van der Waals surface area contributed by atoms with Gasteiger partial charge in [-0.1, -0.05) is 15.9 Å². The van der Waals surface area contributed by atoms with Crippen molar-refractivity contribution in [3.8, 4) is 0 Å². The highest BCUT2D eigenvalue weighted by Crippen LogP contribution is 2.34.